The lowest BCUT2D eigenvalue weighted by Crippen LogP contribution is -2.56. The van der Waals surface area contributed by atoms with Crippen molar-refractivity contribution < 1.29 is 37.4 Å². The van der Waals surface area contributed by atoms with Crippen molar-refractivity contribution in [3.63, 3.8) is 0 Å². The van der Waals surface area contributed by atoms with E-state index in [9.17, 15) is 27.6 Å². The van der Waals surface area contributed by atoms with Crippen LogP contribution in [0.5, 0.6) is 0 Å². The number of amides is 3. The molecule has 3 aliphatic rings. The van der Waals surface area contributed by atoms with Crippen molar-refractivity contribution in [1.82, 2.24) is 5.32 Å². The number of halogens is 3. The van der Waals surface area contributed by atoms with Crippen LogP contribution in [0.4, 0.5) is 23.7 Å². The third-order valence-electron chi connectivity index (χ3n) is 6.32. The van der Waals surface area contributed by atoms with Crippen molar-refractivity contribution in [1.29, 1.82) is 5.26 Å². The summed E-state index contributed by atoms with van der Waals surface area (Å²) >= 11 is 0. The lowest BCUT2D eigenvalue weighted by atomic mass is 9.66. The Balaban J connectivity index is 1.77. The third kappa shape index (κ3) is 2.53. The molecule has 0 aliphatic carbocycles. The summed E-state index contributed by atoms with van der Waals surface area (Å²) in [4.78, 5) is 38.1. The van der Waals surface area contributed by atoms with Gasteiger partial charge in [0.1, 0.15) is 0 Å². The summed E-state index contributed by atoms with van der Waals surface area (Å²) < 4.78 is 45.9. The number of carboxylic acid groups (broad SMARTS) is 1. The molecule has 2 N–H and O–H groups in total. The predicted octanol–water partition coefficient (Wildman–Crippen LogP) is 2.27. The Morgan fingerprint density at radius 1 is 1.30 bits per heavy atom. The molecule has 1 aromatic rings. The Kier molecular flexibility index (Phi) is 4.00. The Bertz CT molecular complexity index is 1040. The van der Waals surface area contributed by atoms with E-state index in [1.165, 1.54) is 13.0 Å². The van der Waals surface area contributed by atoms with Crippen molar-refractivity contribution >= 4 is 23.6 Å². The lowest BCUT2D eigenvalue weighted by Gasteiger charge is -2.35. The Labute approximate surface area is 168 Å². The molecule has 0 spiro atoms. The molecule has 2 bridgehead atoms. The summed E-state index contributed by atoms with van der Waals surface area (Å²) in [6, 6.07) is 3.33. The third-order valence-corrected chi connectivity index (χ3v) is 6.32. The van der Waals surface area contributed by atoms with Crippen molar-refractivity contribution in [2.75, 3.05) is 4.90 Å². The molecule has 0 saturated carbocycles. The highest BCUT2D eigenvalue weighted by Crippen LogP contribution is 2.61. The van der Waals surface area contributed by atoms with Crippen molar-refractivity contribution in [2.24, 2.45) is 11.8 Å². The molecule has 0 unspecified atom stereocenters. The van der Waals surface area contributed by atoms with Crippen LogP contribution < -0.4 is 10.2 Å². The predicted molar refractivity (Wildman–Crippen MR) is 93.1 cm³/mol. The van der Waals surface area contributed by atoms with E-state index in [1.807, 2.05) is 0 Å². The van der Waals surface area contributed by atoms with Crippen molar-refractivity contribution in [2.45, 2.75) is 43.7 Å². The fraction of sp³-hybridized carbons (Fsp3) is 0.474. The maximum Gasteiger partial charge on any atom is 0.417 e. The van der Waals surface area contributed by atoms with Crippen LogP contribution in [-0.2, 0) is 20.5 Å². The SMILES string of the molecule is C[C@]12O[C@](C)(C[C@H]1NC(=O)O)[C@H]1C(=O)N(c3ccc(C#N)c(C(F)(F)F)c3)C(=O)[C@H]12. The second-order valence-corrected chi connectivity index (χ2v) is 8.11. The first kappa shape index (κ1) is 20.2. The highest BCUT2D eigenvalue weighted by molar-refractivity contribution is 6.23. The number of nitrogens with one attached hydrogen (secondary N) is 1. The number of nitriles is 1. The van der Waals surface area contributed by atoms with Gasteiger partial charge >= 0.3 is 12.3 Å². The minimum Gasteiger partial charge on any atom is -0.465 e. The van der Waals surface area contributed by atoms with Crippen LogP contribution in [0.1, 0.15) is 31.4 Å². The first-order chi connectivity index (χ1) is 13.8. The lowest BCUT2D eigenvalue weighted by molar-refractivity contribution is -0.138. The first-order valence-electron chi connectivity index (χ1n) is 9.02. The van der Waals surface area contributed by atoms with E-state index in [1.54, 1.807) is 6.92 Å². The molecule has 3 amide bonds. The fourth-order valence-corrected chi connectivity index (χ4v) is 5.16. The van der Waals surface area contributed by atoms with Crippen LogP contribution in [0.2, 0.25) is 0 Å². The standard InChI is InChI=1S/C19H16F3N3O5/c1-17-6-11(24-16(28)29)18(2,30-17)13-12(17)14(26)25(15(13)27)9-4-3-8(7-23)10(5-9)19(20,21)22/h3-5,11-13,24H,6H2,1-2H3,(H,28,29)/t11-,12-,13+,17-,18+/m1/s1. The minimum absolute atomic E-state index is 0.144. The highest BCUT2D eigenvalue weighted by Gasteiger charge is 2.76. The van der Waals surface area contributed by atoms with Gasteiger partial charge in [0.25, 0.3) is 0 Å². The highest BCUT2D eigenvalue weighted by atomic mass is 19.4. The fourth-order valence-electron chi connectivity index (χ4n) is 5.16. The van der Waals surface area contributed by atoms with Crippen LogP contribution in [0.25, 0.3) is 0 Å². The molecule has 11 heteroatoms. The molecule has 3 fully saturated rings. The maximum absolute atomic E-state index is 13.3. The number of imide groups is 1. The number of anilines is 1. The molecule has 3 heterocycles. The van der Waals surface area contributed by atoms with E-state index in [4.69, 9.17) is 15.1 Å². The molecule has 158 valence electrons. The normalized spacial score (nSPS) is 34.8. The number of benzene rings is 1. The molecular formula is C19H16F3N3O5. The van der Waals surface area contributed by atoms with Gasteiger partial charge in [-0.05, 0) is 32.0 Å². The summed E-state index contributed by atoms with van der Waals surface area (Å²) in [6.07, 6.45) is -6.02. The Hall–Kier alpha value is -3.13. The molecule has 0 radical (unpaired) electrons. The number of alkyl halides is 3. The number of nitrogens with zero attached hydrogens (tertiary/aromatic N) is 2. The quantitative estimate of drug-likeness (QED) is 0.705. The Morgan fingerprint density at radius 2 is 1.93 bits per heavy atom. The van der Waals surface area contributed by atoms with E-state index in [0.717, 1.165) is 12.1 Å². The molecule has 3 aliphatic heterocycles. The molecule has 4 rings (SSSR count). The zero-order valence-corrected chi connectivity index (χ0v) is 15.8. The smallest absolute Gasteiger partial charge is 0.417 e. The van der Waals surface area contributed by atoms with Crippen molar-refractivity contribution in [3.8, 4) is 6.07 Å². The van der Waals surface area contributed by atoms with Gasteiger partial charge in [0.2, 0.25) is 11.8 Å². The number of ether oxygens (including phenoxy) is 1. The molecule has 5 atom stereocenters. The zero-order chi connectivity index (χ0) is 22.2. The summed E-state index contributed by atoms with van der Waals surface area (Å²) in [7, 11) is 0. The van der Waals surface area contributed by atoms with E-state index in [0.29, 0.717) is 11.0 Å². The van der Waals surface area contributed by atoms with E-state index < -0.39 is 64.3 Å². The van der Waals surface area contributed by atoms with Gasteiger partial charge in [0.05, 0.1) is 52.0 Å². The van der Waals surface area contributed by atoms with E-state index in [-0.39, 0.29) is 12.1 Å². The van der Waals surface area contributed by atoms with Gasteiger partial charge in [-0.15, -0.1) is 0 Å². The molecule has 1 aromatic carbocycles. The zero-order valence-electron chi connectivity index (χ0n) is 15.8. The van der Waals surface area contributed by atoms with Gasteiger partial charge in [-0.1, -0.05) is 0 Å². The summed E-state index contributed by atoms with van der Waals surface area (Å²) in [5.41, 5.74) is -4.63. The Morgan fingerprint density at radius 3 is 2.50 bits per heavy atom. The average Bonchev–Trinajstić information content (AvgIpc) is 3.14. The van der Waals surface area contributed by atoms with Crippen LogP contribution in [0, 0.1) is 23.2 Å². The molecular weight excluding hydrogens is 407 g/mol. The molecule has 3 saturated heterocycles. The van der Waals surface area contributed by atoms with Gasteiger partial charge in [-0.25, -0.2) is 9.69 Å². The number of hydrogen-bond acceptors (Lipinski definition) is 5. The summed E-state index contributed by atoms with van der Waals surface area (Å²) in [5.74, 6) is -3.47. The van der Waals surface area contributed by atoms with E-state index >= 15 is 0 Å². The topological polar surface area (TPSA) is 120 Å². The monoisotopic (exact) mass is 423 g/mol. The van der Waals surface area contributed by atoms with Gasteiger partial charge in [-0.3, -0.25) is 9.59 Å². The number of fused-ring (bicyclic) bond motifs is 5. The summed E-state index contributed by atoms with van der Waals surface area (Å²) in [5, 5.41) is 20.3. The second-order valence-electron chi connectivity index (χ2n) is 8.11. The van der Waals surface area contributed by atoms with Gasteiger partial charge in [0, 0.05) is 6.42 Å². The molecule has 0 aromatic heterocycles. The van der Waals surface area contributed by atoms with Gasteiger partial charge in [-0.2, -0.15) is 18.4 Å². The minimum atomic E-state index is -4.85. The average molecular weight is 423 g/mol. The maximum atomic E-state index is 13.3. The number of hydrogen-bond donors (Lipinski definition) is 2. The van der Waals surface area contributed by atoms with Crippen LogP contribution in [0.15, 0.2) is 18.2 Å². The van der Waals surface area contributed by atoms with Crippen LogP contribution >= 0.6 is 0 Å². The first-order valence-corrected chi connectivity index (χ1v) is 9.02. The number of carbonyl (C=O) groups excluding carboxylic acids is 2. The number of rotatable bonds is 2. The van der Waals surface area contributed by atoms with Gasteiger partial charge < -0.3 is 15.2 Å². The second kappa shape index (κ2) is 5.95. The largest absolute Gasteiger partial charge is 0.465 e. The molecule has 30 heavy (non-hydrogen) atoms. The summed E-state index contributed by atoms with van der Waals surface area (Å²) in [6.45, 7) is 3.12. The molecule has 8 nitrogen and oxygen atoms in total. The van der Waals surface area contributed by atoms with Crippen molar-refractivity contribution in [3.05, 3.63) is 29.3 Å². The van der Waals surface area contributed by atoms with E-state index in [2.05, 4.69) is 5.32 Å². The van der Waals surface area contributed by atoms with Crippen LogP contribution in [0.3, 0.4) is 0 Å². The van der Waals surface area contributed by atoms with Crippen LogP contribution in [-0.4, -0.2) is 40.3 Å². The van der Waals surface area contributed by atoms with Gasteiger partial charge in [0.15, 0.2) is 0 Å². The number of carbonyl (C=O) groups is 3.